The number of carbonyl (C=O) groups excluding carboxylic acids is 2. The first-order chi connectivity index (χ1) is 11.9. The molecular weight excluding hydrogens is 324 g/mol. The van der Waals surface area contributed by atoms with Gasteiger partial charge in [-0.2, -0.15) is 0 Å². The molecule has 3 amide bonds. The van der Waals surface area contributed by atoms with E-state index in [9.17, 15) is 9.59 Å². The molecule has 0 saturated carbocycles. The molecule has 0 atom stereocenters. The van der Waals surface area contributed by atoms with Crippen LogP contribution in [-0.4, -0.2) is 58.2 Å². The number of aryl methyl sites for hydroxylation is 2. The Hall–Kier alpha value is -3.10. The quantitative estimate of drug-likeness (QED) is 0.847. The van der Waals surface area contributed by atoms with Gasteiger partial charge >= 0.3 is 6.03 Å². The van der Waals surface area contributed by atoms with E-state index in [1.807, 2.05) is 32.0 Å². The summed E-state index contributed by atoms with van der Waals surface area (Å²) in [5.74, 6) is -0.367. The summed E-state index contributed by atoms with van der Waals surface area (Å²) in [5.41, 5.74) is 8.49. The second kappa shape index (κ2) is 6.80. The molecule has 1 aromatic carbocycles. The number of nitrogen functional groups attached to an aromatic ring is 1. The molecule has 0 aliphatic carbocycles. The molecular formula is C16H20N6O3. The van der Waals surface area contributed by atoms with Crippen molar-refractivity contribution >= 4 is 23.4 Å². The molecule has 9 nitrogen and oxygen atoms in total. The van der Waals surface area contributed by atoms with Crippen molar-refractivity contribution in [1.29, 1.82) is 0 Å². The fourth-order valence-corrected chi connectivity index (χ4v) is 2.86. The van der Waals surface area contributed by atoms with Gasteiger partial charge in [0.1, 0.15) is 0 Å². The monoisotopic (exact) mass is 344 g/mol. The number of rotatable bonds is 2. The van der Waals surface area contributed by atoms with Crippen LogP contribution in [0.3, 0.4) is 0 Å². The molecule has 9 heteroatoms. The second-order valence-corrected chi connectivity index (χ2v) is 6.08. The lowest BCUT2D eigenvalue weighted by Crippen LogP contribution is -2.51. The van der Waals surface area contributed by atoms with Crippen LogP contribution in [0.25, 0.3) is 0 Å². The highest BCUT2D eigenvalue weighted by Crippen LogP contribution is 2.16. The van der Waals surface area contributed by atoms with Crippen LogP contribution in [0.5, 0.6) is 0 Å². The molecule has 0 radical (unpaired) electrons. The van der Waals surface area contributed by atoms with Crippen molar-refractivity contribution in [1.82, 2.24) is 20.1 Å². The summed E-state index contributed by atoms with van der Waals surface area (Å²) >= 11 is 0. The number of hydrogen-bond donors (Lipinski definition) is 2. The predicted molar refractivity (Wildman–Crippen MR) is 91.1 cm³/mol. The first-order valence-electron chi connectivity index (χ1n) is 7.95. The standard InChI is InChI=1S/C16H20N6O3/c1-10-7-11(2)9-12(8-10)18-16(24)22-5-3-21(4-6-22)15(23)13-14(17)20-25-19-13/h7-9H,3-6H2,1-2H3,(H2,17,20)(H,18,24). The number of hydrogen-bond acceptors (Lipinski definition) is 6. The highest BCUT2D eigenvalue weighted by Gasteiger charge is 2.28. The Labute approximate surface area is 144 Å². The topological polar surface area (TPSA) is 118 Å². The molecule has 1 fully saturated rings. The Morgan fingerprint density at radius 3 is 2.20 bits per heavy atom. The van der Waals surface area contributed by atoms with Gasteiger partial charge in [0, 0.05) is 31.9 Å². The van der Waals surface area contributed by atoms with Gasteiger partial charge in [-0.05, 0) is 47.4 Å². The summed E-state index contributed by atoms with van der Waals surface area (Å²) < 4.78 is 4.46. The van der Waals surface area contributed by atoms with Crippen LogP contribution in [0.1, 0.15) is 21.6 Å². The van der Waals surface area contributed by atoms with Gasteiger partial charge in [-0.3, -0.25) is 4.79 Å². The highest BCUT2D eigenvalue weighted by molar-refractivity contribution is 5.96. The number of amides is 3. The summed E-state index contributed by atoms with van der Waals surface area (Å²) in [5, 5.41) is 9.83. The van der Waals surface area contributed by atoms with Crippen LogP contribution in [0.2, 0.25) is 0 Å². The fraction of sp³-hybridized carbons (Fsp3) is 0.375. The predicted octanol–water partition coefficient (Wildman–Crippen LogP) is 1.26. The summed E-state index contributed by atoms with van der Waals surface area (Å²) in [4.78, 5) is 27.9. The molecule has 132 valence electrons. The van der Waals surface area contributed by atoms with E-state index in [-0.39, 0.29) is 23.5 Å². The second-order valence-electron chi connectivity index (χ2n) is 6.08. The number of urea groups is 1. The van der Waals surface area contributed by atoms with Crippen LogP contribution in [-0.2, 0) is 0 Å². The van der Waals surface area contributed by atoms with Crippen LogP contribution >= 0.6 is 0 Å². The fourth-order valence-electron chi connectivity index (χ4n) is 2.86. The van der Waals surface area contributed by atoms with Gasteiger partial charge in [0.25, 0.3) is 5.91 Å². The molecule has 1 saturated heterocycles. The number of aromatic nitrogens is 2. The molecule has 2 aromatic rings. The molecule has 0 unspecified atom stereocenters. The van der Waals surface area contributed by atoms with E-state index in [0.717, 1.165) is 16.8 Å². The molecule has 3 rings (SSSR count). The maximum absolute atomic E-state index is 12.4. The minimum atomic E-state index is -0.340. The molecule has 2 heterocycles. The molecule has 1 aromatic heterocycles. The average Bonchev–Trinajstić information content (AvgIpc) is 2.99. The maximum atomic E-state index is 12.4. The van der Waals surface area contributed by atoms with E-state index in [0.29, 0.717) is 26.2 Å². The molecule has 0 spiro atoms. The van der Waals surface area contributed by atoms with E-state index in [4.69, 9.17) is 5.73 Å². The van der Waals surface area contributed by atoms with Crippen molar-refractivity contribution in [2.75, 3.05) is 37.2 Å². The van der Waals surface area contributed by atoms with Gasteiger partial charge in [0.2, 0.25) is 11.5 Å². The maximum Gasteiger partial charge on any atom is 0.321 e. The summed E-state index contributed by atoms with van der Waals surface area (Å²) in [6.07, 6.45) is 0. The van der Waals surface area contributed by atoms with Crippen LogP contribution in [0.15, 0.2) is 22.8 Å². The van der Waals surface area contributed by atoms with Gasteiger partial charge in [-0.25, -0.2) is 9.42 Å². The molecule has 0 bridgehead atoms. The SMILES string of the molecule is Cc1cc(C)cc(NC(=O)N2CCN(C(=O)c3nonc3N)CC2)c1. The number of nitrogens with one attached hydrogen (secondary N) is 1. The van der Waals surface area contributed by atoms with Crippen molar-refractivity contribution in [3.05, 3.63) is 35.0 Å². The van der Waals surface area contributed by atoms with Crippen molar-refractivity contribution in [2.24, 2.45) is 0 Å². The van der Waals surface area contributed by atoms with E-state index in [2.05, 4.69) is 20.3 Å². The van der Waals surface area contributed by atoms with Crippen molar-refractivity contribution < 1.29 is 14.2 Å². The Balaban J connectivity index is 1.57. The van der Waals surface area contributed by atoms with Gasteiger partial charge < -0.3 is 20.9 Å². The van der Waals surface area contributed by atoms with Gasteiger partial charge in [-0.1, -0.05) is 6.07 Å². The Kier molecular flexibility index (Phi) is 4.55. The number of piperazine rings is 1. The first kappa shape index (κ1) is 16.7. The third-order valence-corrected chi connectivity index (χ3v) is 4.04. The summed E-state index contributed by atoms with van der Waals surface area (Å²) in [7, 11) is 0. The summed E-state index contributed by atoms with van der Waals surface area (Å²) in [6, 6.07) is 5.71. The van der Waals surface area contributed by atoms with Crippen molar-refractivity contribution in [3.8, 4) is 0 Å². The first-order valence-corrected chi connectivity index (χ1v) is 7.95. The number of nitrogens with two attached hydrogens (primary N) is 1. The minimum absolute atomic E-state index is 0.00753. The lowest BCUT2D eigenvalue weighted by Gasteiger charge is -2.34. The Bertz CT molecular complexity index is 775. The molecule has 3 N–H and O–H groups in total. The zero-order valence-corrected chi connectivity index (χ0v) is 14.2. The Morgan fingerprint density at radius 2 is 1.64 bits per heavy atom. The number of nitrogens with zero attached hydrogens (tertiary/aromatic N) is 4. The van der Waals surface area contributed by atoms with E-state index in [1.165, 1.54) is 0 Å². The number of anilines is 2. The number of benzene rings is 1. The minimum Gasteiger partial charge on any atom is -0.379 e. The lowest BCUT2D eigenvalue weighted by molar-refractivity contribution is 0.0661. The smallest absolute Gasteiger partial charge is 0.321 e. The van der Waals surface area contributed by atoms with Gasteiger partial charge in [0.05, 0.1) is 0 Å². The average molecular weight is 344 g/mol. The summed E-state index contributed by atoms with van der Waals surface area (Å²) in [6.45, 7) is 5.60. The lowest BCUT2D eigenvalue weighted by atomic mass is 10.1. The highest BCUT2D eigenvalue weighted by atomic mass is 16.6. The molecule has 1 aliphatic heterocycles. The van der Waals surface area contributed by atoms with E-state index < -0.39 is 0 Å². The number of carbonyl (C=O) groups is 2. The van der Waals surface area contributed by atoms with Crippen LogP contribution < -0.4 is 11.1 Å². The largest absolute Gasteiger partial charge is 0.379 e. The van der Waals surface area contributed by atoms with Crippen LogP contribution in [0, 0.1) is 13.8 Å². The normalized spacial score (nSPS) is 14.5. The third kappa shape index (κ3) is 3.70. The third-order valence-electron chi connectivity index (χ3n) is 4.04. The molecule has 25 heavy (non-hydrogen) atoms. The van der Waals surface area contributed by atoms with Crippen molar-refractivity contribution in [3.63, 3.8) is 0 Å². The Morgan fingerprint density at radius 1 is 1.04 bits per heavy atom. The van der Waals surface area contributed by atoms with E-state index >= 15 is 0 Å². The van der Waals surface area contributed by atoms with Crippen molar-refractivity contribution in [2.45, 2.75) is 13.8 Å². The van der Waals surface area contributed by atoms with E-state index in [1.54, 1.807) is 9.80 Å². The zero-order valence-electron chi connectivity index (χ0n) is 14.2. The molecule has 1 aliphatic rings. The zero-order chi connectivity index (χ0) is 18.0. The van der Waals surface area contributed by atoms with Gasteiger partial charge in [0.15, 0.2) is 0 Å². The van der Waals surface area contributed by atoms with Gasteiger partial charge in [-0.15, -0.1) is 0 Å². The van der Waals surface area contributed by atoms with Crippen LogP contribution in [0.4, 0.5) is 16.3 Å².